The summed E-state index contributed by atoms with van der Waals surface area (Å²) in [5.41, 5.74) is 0. The molecule has 0 bridgehead atoms. The van der Waals surface area contributed by atoms with Crippen LogP contribution < -0.4 is 0 Å². The van der Waals surface area contributed by atoms with Gasteiger partial charge in [-0.25, -0.2) is 0 Å². The normalized spacial score (nSPS) is 38.6. The first-order chi connectivity index (χ1) is 8.11. The summed E-state index contributed by atoms with van der Waals surface area (Å²) in [5, 5.41) is 0. The SMILES string of the molecule is CCC(C)OC1COC2C(OC(C)C)COC12. The van der Waals surface area contributed by atoms with Crippen molar-refractivity contribution in [2.45, 2.75) is 70.7 Å². The van der Waals surface area contributed by atoms with E-state index in [-0.39, 0.29) is 36.6 Å². The van der Waals surface area contributed by atoms with Gasteiger partial charge in [0, 0.05) is 0 Å². The lowest BCUT2D eigenvalue weighted by Crippen LogP contribution is -2.36. The van der Waals surface area contributed by atoms with E-state index in [0.29, 0.717) is 13.2 Å². The molecule has 2 aliphatic heterocycles. The third-order valence-corrected chi connectivity index (χ3v) is 3.39. The van der Waals surface area contributed by atoms with E-state index in [0.717, 1.165) is 6.42 Å². The minimum absolute atomic E-state index is 0.0476. The fourth-order valence-corrected chi connectivity index (χ4v) is 2.41. The Kier molecular flexibility index (Phi) is 4.42. The molecule has 2 fully saturated rings. The van der Waals surface area contributed by atoms with Gasteiger partial charge in [0.25, 0.3) is 0 Å². The molecule has 4 nitrogen and oxygen atoms in total. The molecule has 17 heavy (non-hydrogen) atoms. The first-order valence-electron chi connectivity index (χ1n) is 6.66. The van der Waals surface area contributed by atoms with Crippen molar-refractivity contribution in [2.24, 2.45) is 0 Å². The average Bonchev–Trinajstić information content (AvgIpc) is 2.83. The Morgan fingerprint density at radius 3 is 2.00 bits per heavy atom. The monoisotopic (exact) mass is 244 g/mol. The van der Waals surface area contributed by atoms with Crippen molar-refractivity contribution in [3.8, 4) is 0 Å². The van der Waals surface area contributed by atoms with Gasteiger partial charge in [0.2, 0.25) is 0 Å². The quantitative estimate of drug-likeness (QED) is 0.738. The van der Waals surface area contributed by atoms with Crippen molar-refractivity contribution in [2.75, 3.05) is 13.2 Å². The topological polar surface area (TPSA) is 36.9 Å². The molecule has 2 saturated heterocycles. The van der Waals surface area contributed by atoms with E-state index >= 15 is 0 Å². The maximum atomic E-state index is 5.92. The Hall–Kier alpha value is -0.160. The second kappa shape index (κ2) is 5.65. The van der Waals surface area contributed by atoms with Crippen LogP contribution in [0.25, 0.3) is 0 Å². The van der Waals surface area contributed by atoms with Gasteiger partial charge in [0.05, 0.1) is 25.4 Å². The maximum Gasteiger partial charge on any atom is 0.115 e. The molecule has 0 N–H and O–H groups in total. The van der Waals surface area contributed by atoms with Crippen LogP contribution in [0.5, 0.6) is 0 Å². The van der Waals surface area contributed by atoms with Crippen LogP contribution in [0.3, 0.4) is 0 Å². The van der Waals surface area contributed by atoms with E-state index in [4.69, 9.17) is 18.9 Å². The van der Waals surface area contributed by atoms with Crippen LogP contribution in [0.4, 0.5) is 0 Å². The van der Waals surface area contributed by atoms with Crippen LogP contribution in [0.1, 0.15) is 34.1 Å². The predicted molar refractivity (Wildman–Crippen MR) is 64.1 cm³/mol. The summed E-state index contributed by atoms with van der Waals surface area (Å²) >= 11 is 0. The van der Waals surface area contributed by atoms with Gasteiger partial charge in [0.1, 0.15) is 24.4 Å². The van der Waals surface area contributed by atoms with Gasteiger partial charge in [-0.15, -0.1) is 0 Å². The lowest BCUT2D eigenvalue weighted by Gasteiger charge is -2.21. The Balaban J connectivity index is 1.88. The summed E-state index contributed by atoms with van der Waals surface area (Å²) in [5.74, 6) is 0. The molecule has 0 saturated carbocycles. The fraction of sp³-hybridized carbons (Fsp3) is 1.00. The third-order valence-electron chi connectivity index (χ3n) is 3.39. The molecule has 0 spiro atoms. The summed E-state index contributed by atoms with van der Waals surface area (Å²) in [6.45, 7) is 9.53. The minimum Gasteiger partial charge on any atom is -0.370 e. The molecule has 100 valence electrons. The molecular weight excluding hydrogens is 220 g/mol. The van der Waals surface area contributed by atoms with Crippen LogP contribution in [-0.2, 0) is 18.9 Å². The Bertz CT molecular complexity index is 244. The minimum atomic E-state index is 0.0476. The standard InChI is InChI=1S/C13H24O4/c1-5-9(4)17-11-7-15-12-10(16-8(2)3)6-14-13(11)12/h8-13H,5-7H2,1-4H3. The zero-order valence-electron chi connectivity index (χ0n) is 11.2. The molecule has 0 aromatic heterocycles. The molecule has 0 aliphatic carbocycles. The van der Waals surface area contributed by atoms with Gasteiger partial charge in [-0.3, -0.25) is 0 Å². The molecular formula is C13H24O4. The number of hydrogen-bond donors (Lipinski definition) is 0. The molecule has 2 aliphatic rings. The van der Waals surface area contributed by atoms with Crippen LogP contribution in [-0.4, -0.2) is 49.8 Å². The van der Waals surface area contributed by atoms with E-state index in [1.165, 1.54) is 0 Å². The van der Waals surface area contributed by atoms with Crippen molar-refractivity contribution in [1.82, 2.24) is 0 Å². The van der Waals surface area contributed by atoms with Crippen LogP contribution in [0, 0.1) is 0 Å². The first kappa shape index (κ1) is 13.3. The van der Waals surface area contributed by atoms with Crippen LogP contribution in [0.15, 0.2) is 0 Å². The van der Waals surface area contributed by atoms with Gasteiger partial charge in [-0.05, 0) is 27.2 Å². The van der Waals surface area contributed by atoms with Gasteiger partial charge < -0.3 is 18.9 Å². The molecule has 2 heterocycles. The van der Waals surface area contributed by atoms with Crippen LogP contribution >= 0.6 is 0 Å². The van der Waals surface area contributed by atoms with Crippen LogP contribution in [0.2, 0.25) is 0 Å². The maximum absolute atomic E-state index is 5.92. The molecule has 4 heteroatoms. The second-order valence-electron chi connectivity index (χ2n) is 5.21. The highest BCUT2D eigenvalue weighted by Gasteiger charge is 2.49. The van der Waals surface area contributed by atoms with Crippen molar-refractivity contribution in [3.63, 3.8) is 0 Å². The zero-order valence-corrected chi connectivity index (χ0v) is 11.2. The molecule has 5 atom stereocenters. The van der Waals surface area contributed by atoms with Gasteiger partial charge in [-0.2, -0.15) is 0 Å². The van der Waals surface area contributed by atoms with E-state index in [1.54, 1.807) is 0 Å². The Morgan fingerprint density at radius 2 is 1.53 bits per heavy atom. The lowest BCUT2D eigenvalue weighted by molar-refractivity contribution is -0.0787. The lowest BCUT2D eigenvalue weighted by atomic mass is 10.1. The van der Waals surface area contributed by atoms with Gasteiger partial charge in [0.15, 0.2) is 0 Å². The summed E-state index contributed by atoms with van der Waals surface area (Å²) in [6, 6.07) is 0. The predicted octanol–water partition coefficient (Wildman–Crippen LogP) is 1.76. The summed E-state index contributed by atoms with van der Waals surface area (Å²) in [4.78, 5) is 0. The second-order valence-corrected chi connectivity index (χ2v) is 5.21. The first-order valence-corrected chi connectivity index (χ1v) is 6.66. The van der Waals surface area contributed by atoms with Gasteiger partial charge >= 0.3 is 0 Å². The zero-order chi connectivity index (χ0) is 12.4. The summed E-state index contributed by atoms with van der Waals surface area (Å²) in [7, 11) is 0. The highest BCUT2D eigenvalue weighted by atomic mass is 16.6. The van der Waals surface area contributed by atoms with E-state index in [9.17, 15) is 0 Å². The molecule has 0 aromatic rings. The Morgan fingerprint density at radius 1 is 1.00 bits per heavy atom. The fourth-order valence-electron chi connectivity index (χ4n) is 2.41. The van der Waals surface area contributed by atoms with Crippen molar-refractivity contribution in [3.05, 3.63) is 0 Å². The highest BCUT2D eigenvalue weighted by Crippen LogP contribution is 2.31. The number of rotatable bonds is 5. The molecule has 0 aromatic carbocycles. The molecule has 0 amide bonds. The number of hydrogen-bond acceptors (Lipinski definition) is 4. The average molecular weight is 244 g/mol. The molecule has 0 radical (unpaired) electrons. The van der Waals surface area contributed by atoms with E-state index < -0.39 is 0 Å². The van der Waals surface area contributed by atoms with Crippen molar-refractivity contribution >= 4 is 0 Å². The molecule has 5 unspecified atom stereocenters. The smallest absolute Gasteiger partial charge is 0.115 e. The van der Waals surface area contributed by atoms with E-state index in [2.05, 4.69) is 13.8 Å². The summed E-state index contributed by atoms with van der Waals surface area (Å²) in [6.07, 6.45) is 1.71. The van der Waals surface area contributed by atoms with E-state index in [1.807, 2.05) is 13.8 Å². The Labute approximate surface area is 104 Å². The number of ether oxygens (including phenoxy) is 4. The number of fused-ring (bicyclic) bond motifs is 1. The third kappa shape index (κ3) is 2.99. The van der Waals surface area contributed by atoms with Crippen molar-refractivity contribution < 1.29 is 18.9 Å². The summed E-state index contributed by atoms with van der Waals surface area (Å²) < 4.78 is 23.3. The molecule has 2 rings (SSSR count). The largest absolute Gasteiger partial charge is 0.370 e. The highest BCUT2D eigenvalue weighted by molar-refractivity contribution is 4.96. The van der Waals surface area contributed by atoms with Gasteiger partial charge in [-0.1, -0.05) is 6.92 Å². The van der Waals surface area contributed by atoms with Crippen molar-refractivity contribution in [1.29, 1.82) is 0 Å².